The summed E-state index contributed by atoms with van der Waals surface area (Å²) < 4.78 is 27.1. The predicted octanol–water partition coefficient (Wildman–Crippen LogP) is 3.24. The normalized spacial score (nSPS) is 16.1. The maximum atomic E-state index is 12.9. The SMILES string of the molecule is CCc1ccc(CNC(=O)CN2CCN(S(=O)(=O)c3cccc(Cl)c3Cl)CC2)s1. The van der Waals surface area contributed by atoms with Gasteiger partial charge < -0.3 is 5.32 Å². The Hall–Kier alpha value is -1.16. The molecule has 10 heteroatoms. The molecule has 0 spiro atoms. The van der Waals surface area contributed by atoms with Crippen LogP contribution in [0.1, 0.15) is 16.7 Å². The highest BCUT2D eigenvalue weighted by Gasteiger charge is 2.31. The van der Waals surface area contributed by atoms with Crippen molar-refractivity contribution < 1.29 is 13.2 Å². The second-order valence-electron chi connectivity index (χ2n) is 6.73. The van der Waals surface area contributed by atoms with Crippen LogP contribution in [-0.4, -0.2) is 56.3 Å². The van der Waals surface area contributed by atoms with Gasteiger partial charge in [0.2, 0.25) is 15.9 Å². The van der Waals surface area contributed by atoms with Gasteiger partial charge in [0.1, 0.15) is 4.90 Å². The zero-order valence-electron chi connectivity index (χ0n) is 16.0. The van der Waals surface area contributed by atoms with Crippen molar-refractivity contribution in [1.29, 1.82) is 0 Å². The first-order valence-corrected chi connectivity index (χ1v) is 12.3. The molecule has 1 aliphatic rings. The smallest absolute Gasteiger partial charge is 0.244 e. The van der Waals surface area contributed by atoms with Gasteiger partial charge in [-0.25, -0.2) is 8.42 Å². The van der Waals surface area contributed by atoms with Crippen LogP contribution in [0.25, 0.3) is 0 Å². The van der Waals surface area contributed by atoms with Crippen molar-refractivity contribution in [1.82, 2.24) is 14.5 Å². The summed E-state index contributed by atoms with van der Waals surface area (Å²) in [5.74, 6) is -0.0642. The van der Waals surface area contributed by atoms with Crippen LogP contribution in [0, 0.1) is 0 Å². The summed E-state index contributed by atoms with van der Waals surface area (Å²) in [6.07, 6.45) is 0.992. The third-order valence-corrected chi connectivity index (χ3v) is 8.86. The third-order valence-electron chi connectivity index (χ3n) is 4.76. The monoisotopic (exact) mass is 475 g/mol. The maximum absolute atomic E-state index is 12.9. The second kappa shape index (κ2) is 9.76. The molecule has 1 fully saturated rings. The van der Waals surface area contributed by atoms with E-state index in [9.17, 15) is 13.2 Å². The molecule has 158 valence electrons. The van der Waals surface area contributed by atoms with E-state index in [1.165, 1.54) is 15.2 Å². The lowest BCUT2D eigenvalue weighted by Gasteiger charge is -2.33. The molecule has 0 radical (unpaired) electrons. The molecule has 6 nitrogen and oxygen atoms in total. The molecule has 29 heavy (non-hydrogen) atoms. The van der Waals surface area contributed by atoms with Crippen LogP contribution in [0.5, 0.6) is 0 Å². The first kappa shape index (κ1) is 22.5. The molecule has 1 amide bonds. The minimum absolute atomic E-state index is 0.0141. The Morgan fingerprint density at radius 1 is 1.10 bits per heavy atom. The lowest BCUT2D eigenvalue weighted by Crippen LogP contribution is -2.51. The van der Waals surface area contributed by atoms with E-state index in [0.29, 0.717) is 32.7 Å². The summed E-state index contributed by atoms with van der Waals surface area (Å²) >= 11 is 13.7. The average Bonchev–Trinajstić information content (AvgIpc) is 3.17. The van der Waals surface area contributed by atoms with Crippen LogP contribution < -0.4 is 5.32 Å². The number of nitrogens with one attached hydrogen (secondary N) is 1. The Morgan fingerprint density at radius 3 is 2.45 bits per heavy atom. The highest BCUT2D eigenvalue weighted by atomic mass is 35.5. The van der Waals surface area contributed by atoms with Gasteiger partial charge in [0.15, 0.2) is 0 Å². The fraction of sp³-hybridized carbons (Fsp3) is 0.421. The van der Waals surface area contributed by atoms with Crippen molar-refractivity contribution in [3.05, 3.63) is 50.1 Å². The summed E-state index contributed by atoms with van der Waals surface area (Å²) in [5.41, 5.74) is 0. The molecule has 0 unspecified atom stereocenters. The summed E-state index contributed by atoms with van der Waals surface area (Å²) in [6.45, 7) is 4.41. The van der Waals surface area contributed by atoms with E-state index in [0.717, 1.165) is 11.3 Å². The Labute approximate surface area is 185 Å². The highest BCUT2D eigenvalue weighted by molar-refractivity contribution is 7.89. The van der Waals surface area contributed by atoms with Crippen LogP contribution in [-0.2, 0) is 27.8 Å². The lowest BCUT2D eigenvalue weighted by molar-refractivity contribution is -0.122. The highest BCUT2D eigenvalue weighted by Crippen LogP contribution is 2.31. The number of rotatable bonds is 7. The Bertz CT molecular complexity index is 971. The van der Waals surface area contributed by atoms with Crippen molar-refractivity contribution in [2.24, 2.45) is 0 Å². The van der Waals surface area contributed by atoms with Crippen LogP contribution in [0.2, 0.25) is 10.0 Å². The van der Waals surface area contributed by atoms with E-state index in [2.05, 4.69) is 18.3 Å². The zero-order valence-corrected chi connectivity index (χ0v) is 19.2. The number of carbonyl (C=O) groups excluding carboxylic acids is 1. The van der Waals surface area contributed by atoms with Crippen LogP contribution >= 0.6 is 34.5 Å². The molecule has 2 aromatic rings. The molecule has 1 saturated heterocycles. The summed E-state index contributed by atoms with van der Waals surface area (Å²) in [4.78, 5) is 16.6. The molecular weight excluding hydrogens is 453 g/mol. The van der Waals surface area contributed by atoms with Gasteiger partial charge in [-0.2, -0.15) is 4.31 Å². The first-order valence-electron chi connectivity index (χ1n) is 9.32. The average molecular weight is 476 g/mol. The van der Waals surface area contributed by atoms with E-state index in [1.807, 2.05) is 11.0 Å². The molecule has 0 saturated carbocycles. The molecule has 1 aromatic carbocycles. The molecule has 3 rings (SSSR count). The van der Waals surface area contributed by atoms with Gasteiger partial charge in [0, 0.05) is 35.9 Å². The van der Waals surface area contributed by atoms with E-state index < -0.39 is 10.0 Å². The minimum atomic E-state index is -3.72. The third kappa shape index (κ3) is 5.51. The molecule has 0 bridgehead atoms. The number of halogens is 2. The Morgan fingerprint density at radius 2 is 1.79 bits per heavy atom. The van der Waals surface area contributed by atoms with Gasteiger partial charge >= 0.3 is 0 Å². The van der Waals surface area contributed by atoms with Crippen LogP contribution in [0.15, 0.2) is 35.2 Å². The topological polar surface area (TPSA) is 69.7 Å². The number of aryl methyl sites for hydroxylation is 1. The summed E-state index contributed by atoms with van der Waals surface area (Å²) in [5, 5.41) is 3.18. The van der Waals surface area contributed by atoms with Crippen LogP contribution in [0.3, 0.4) is 0 Å². The number of thiophene rings is 1. The number of piperazine rings is 1. The predicted molar refractivity (Wildman–Crippen MR) is 117 cm³/mol. The van der Waals surface area contributed by atoms with Gasteiger partial charge in [-0.3, -0.25) is 9.69 Å². The maximum Gasteiger partial charge on any atom is 0.244 e. The largest absolute Gasteiger partial charge is 0.350 e. The Kier molecular flexibility index (Phi) is 7.58. The summed E-state index contributed by atoms with van der Waals surface area (Å²) in [7, 11) is -3.72. The van der Waals surface area contributed by atoms with Gasteiger partial charge in [-0.05, 0) is 30.7 Å². The van der Waals surface area contributed by atoms with Gasteiger partial charge in [0.05, 0.1) is 23.1 Å². The van der Waals surface area contributed by atoms with Crippen molar-refractivity contribution in [2.75, 3.05) is 32.7 Å². The van der Waals surface area contributed by atoms with Crippen molar-refractivity contribution in [3.8, 4) is 0 Å². The summed E-state index contributed by atoms with van der Waals surface area (Å²) in [6, 6.07) is 8.70. The quantitative estimate of drug-likeness (QED) is 0.666. The Balaban J connectivity index is 1.51. The molecule has 0 atom stereocenters. The number of hydrogen-bond donors (Lipinski definition) is 1. The first-order chi connectivity index (χ1) is 13.8. The van der Waals surface area contributed by atoms with E-state index >= 15 is 0 Å². The number of sulfonamides is 1. The van der Waals surface area contributed by atoms with Crippen molar-refractivity contribution >= 4 is 50.5 Å². The fourth-order valence-electron chi connectivity index (χ4n) is 3.10. The number of hydrogen-bond acceptors (Lipinski definition) is 5. The van der Waals surface area contributed by atoms with Crippen molar-refractivity contribution in [3.63, 3.8) is 0 Å². The standard InChI is InChI=1S/C19H23Cl2N3O3S2/c1-2-14-6-7-15(28-14)12-22-18(25)13-23-8-10-24(11-9-23)29(26,27)17-5-3-4-16(20)19(17)21/h3-7H,2,8-13H2,1H3,(H,22,25). The molecule has 0 aliphatic carbocycles. The molecule has 1 aliphatic heterocycles. The van der Waals surface area contributed by atoms with E-state index in [1.54, 1.807) is 23.5 Å². The number of benzene rings is 1. The zero-order chi connectivity index (χ0) is 21.0. The van der Waals surface area contributed by atoms with Gasteiger partial charge in [-0.15, -0.1) is 11.3 Å². The second-order valence-corrected chi connectivity index (χ2v) is 10.7. The number of nitrogens with zero attached hydrogens (tertiary/aromatic N) is 2. The number of amides is 1. The fourth-order valence-corrected chi connectivity index (χ4v) is 6.16. The van der Waals surface area contributed by atoms with E-state index in [4.69, 9.17) is 23.2 Å². The minimum Gasteiger partial charge on any atom is -0.350 e. The van der Waals surface area contributed by atoms with Crippen molar-refractivity contribution in [2.45, 2.75) is 24.8 Å². The molecule has 1 aromatic heterocycles. The van der Waals surface area contributed by atoms with Gasteiger partial charge in [-0.1, -0.05) is 36.2 Å². The van der Waals surface area contributed by atoms with Gasteiger partial charge in [0.25, 0.3) is 0 Å². The molecule has 1 N–H and O–H groups in total. The lowest BCUT2D eigenvalue weighted by atomic mass is 10.3. The number of carbonyl (C=O) groups is 1. The molecule has 2 heterocycles. The van der Waals surface area contributed by atoms with E-state index in [-0.39, 0.29) is 27.4 Å². The van der Waals surface area contributed by atoms with Crippen LogP contribution in [0.4, 0.5) is 0 Å². The molecular formula is C19H23Cl2N3O3S2.